The van der Waals surface area contributed by atoms with Gasteiger partial charge >= 0.3 is 5.97 Å². The van der Waals surface area contributed by atoms with Crippen LogP contribution < -0.4 is 5.56 Å². The molecule has 0 aliphatic heterocycles. The van der Waals surface area contributed by atoms with E-state index in [0.717, 1.165) is 17.5 Å². The molecule has 0 bridgehead atoms. The predicted molar refractivity (Wildman–Crippen MR) is 87.1 cm³/mol. The van der Waals surface area contributed by atoms with Gasteiger partial charge in [0, 0.05) is 11.3 Å². The summed E-state index contributed by atoms with van der Waals surface area (Å²) in [6.07, 6.45) is 1.88. The zero-order valence-electron chi connectivity index (χ0n) is 12.3. The van der Waals surface area contributed by atoms with Crippen LogP contribution in [0.4, 0.5) is 0 Å². The number of ether oxygens (including phenoxy) is 1. The zero-order chi connectivity index (χ0) is 16.1. The number of aryl methyl sites for hydroxylation is 1. The van der Waals surface area contributed by atoms with Crippen LogP contribution in [0.2, 0.25) is 0 Å². The van der Waals surface area contributed by atoms with Crippen LogP contribution in [0.3, 0.4) is 0 Å². The quantitative estimate of drug-likeness (QED) is 0.649. The Bertz CT molecular complexity index is 858. The maximum Gasteiger partial charge on any atom is 0.307 e. The van der Waals surface area contributed by atoms with Gasteiger partial charge in [-0.25, -0.2) is 0 Å². The third kappa shape index (κ3) is 3.81. The first-order valence-corrected chi connectivity index (χ1v) is 8.12. The SMILES string of the molecule is O=C(CCCc1cccs1)OCn1nnc2ccccc2c1=O. The van der Waals surface area contributed by atoms with E-state index in [4.69, 9.17) is 4.74 Å². The lowest BCUT2D eigenvalue weighted by Gasteiger charge is -2.06. The molecule has 0 aliphatic carbocycles. The molecule has 0 atom stereocenters. The third-order valence-electron chi connectivity index (χ3n) is 3.36. The number of esters is 1. The average Bonchev–Trinajstić information content (AvgIpc) is 3.08. The molecule has 7 heteroatoms. The van der Waals surface area contributed by atoms with E-state index in [1.807, 2.05) is 17.5 Å². The smallest absolute Gasteiger partial charge is 0.307 e. The maximum atomic E-state index is 12.2. The number of nitrogens with zero attached hydrogens (tertiary/aromatic N) is 3. The van der Waals surface area contributed by atoms with Crippen molar-refractivity contribution in [1.29, 1.82) is 0 Å². The average molecular weight is 329 g/mol. The first kappa shape index (κ1) is 15.4. The largest absolute Gasteiger partial charge is 0.442 e. The normalized spacial score (nSPS) is 10.8. The molecular formula is C16H15N3O3S. The van der Waals surface area contributed by atoms with Crippen molar-refractivity contribution < 1.29 is 9.53 Å². The summed E-state index contributed by atoms with van der Waals surface area (Å²) in [7, 11) is 0. The molecule has 23 heavy (non-hydrogen) atoms. The van der Waals surface area contributed by atoms with Crippen LogP contribution in [0.15, 0.2) is 46.6 Å². The number of hydrogen-bond donors (Lipinski definition) is 0. The number of carbonyl (C=O) groups excluding carboxylic acids is 1. The zero-order valence-corrected chi connectivity index (χ0v) is 13.2. The van der Waals surface area contributed by atoms with Gasteiger partial charge in [-0.1, -0.05) is 23.4 Å². The molecule has 0 saturated heterocycles. The van der Waals surface area contributed by atoms with Crippen LogP contribution in [0.25, 0.3) is 10.9 Å². The molecule has 0 saturated carbocycles. The molecule has 2 heterocycles. The van der Waals surface area contributed by atoms with Crippen molar-refractivity contribution in [2.45, 2.75) is 26.0 Å². The van der Waals surface area contributed by atoms with Gasteiger partial charge < -0.3 is 4.74 Å². The van der Waals surface area contributed by atoms with Crippen LogP contribution in [-0.4, -0.2) is 21.0 Å². The van der Waals surface area contributed by atoms with Crippen molar-refractivity contribution >= 4 is 28.2 Å². The fourth-order valence-corrected chi connectivity index (χ4v) is 2.93. The summed E-state index contributed by atoms with van der Waals surface area (Å²) in [6, 6.07) is 11.0. The summed E-state index contributed by atoms with van der Waals surface area (Å²) in [6.45, 7) is -0.214. The van der Waals surface area contributed by atoms with Crippen LogP contribution in [0.5, 0.6) is 0 Å². The second-order valence-corrected chi connectivity index (χ2v) is 6.02. The first-order valence-electron chi connectivity index (χ1n) is 7.24. The fraction of sp³-hybridized carbons (Fsp3) is 0.250. The van der Waals surface area contributed by atoms with Gasteiger partial charge in [0.15, 0.2) is 6.73 Å². The molecule has 0 radical (unpaired) electrons. The Hall–Kier alpha value is -2.54. The monoisotopic (exact) mass is 329 g/mol. The molecule has 0 unspecified atom stereocenters. The van der Waals surface area contributed by atoms with Crippen molar-refractivity contribution in [3.63, 3.8) is 0 Å². The highest BCUT2D eigenvalue weighted by atomic mass is 32.1. The van der Waals surface area contributed by atoms with E-state index in [-0.39, 0.29) is 18.3 Å². The molecule has 0 N–H and O–H groups in total. The van der Waals surface area contributed by atoms with Crippen LogP contribution in [0, 0.1) is 0 Å². The summed E-state index contributed by atoms with van der Waals surface area (Å²) in [5.74, 6) is -0.344. The van der Waals surface area contributed by atoms with Gasteiger partial charge in [-0.2, -0.15) is 4.68 Å². The van der Waals surface area contributed by atoms with Gasteiger partial charge in [0.25, 0.3) is 5.56 Å². The van der Waals surface area contributed by atoms with Gasteiger partial charge in [-0.15, -0.1) is 16.4 Å². The molecule has 0 spiro atoms. The van der Waals surface area contributed by atoms with E-state index in [1.54, 1.807) is 35.6 Å². The summed E-state index contributed by atoms with van der Waals surface area (Å²) in [5, 5.41) is 10.2. The predicted octanol–water partition coefficient (Wildman–Crippen LogP) is 2.38. The molecule has 3 rings (SSSR count). The highest BCUT2D eigenvalue weighted by Gasteiger charge is 2.08. The summed E-state index contributed by atoms with van der Waals surface area (Å²) in [5.41, 5.74) is 0.206. The molecule has 0 amide bonds. The third-order valence-corrected chi connectivity index (χ3v) is 4.30. The second-order valence-electron chi connectivity index (χ2n) is 4.99. The van der Waals surface area contributed by atoms with E-state index in [2.05, 4.69) is 10.3 Å². The molecule has 118 valence electrons. The molecule has 2 aromatic heterocycles. The standard InChI is InChI=1S/C16H15N3O3S/c20-15(9-3-5-12-6-4-10-23-12)22-11-19-16(21)13-7-1-2-8-14(13)17-18-19/h1-2,4,6-8,10H,3,5,9,11H2. The highest BCUT2D eigenvalue weighted by Crippen LogP contribution is 2.12. The van der Waals surface area contributed by atoms with Gasteiger partial charge in [0.2, 0.25) is 0 Å². The van der Waals surface area contributed by atoms with Gasteiger partial charge in [0.1, 0.15) is 5.52 Å². The fourth-order valence-electron chi connectivity index (χ4n) is 2.18. The number of fused-ring (bicyclic) bond motifs is 1. The highest BCUT2D eigenvalue weighted by molar-refractivity contribution is 7.09. The number of rotatable bonds is 6. The molecule has 0 aliphatic rings. The van der Waals surface area contributed by atoms with E-state index >= 15 is 0 Å². The van der Waals surface area contributed by atoms with Crippen LogP contribution >= 0.6 is 11.3 Å². The van der Waals surface area contributed by atoms with Crippen LogP contribution in [-0.2, 0) is 22.7 Å². The van der Waals surface area contributed by atoms with Crippen molar-refractivity contribution in [2.75, 3.05) is 0 Å². The summed E-state index contributed by atoms with van der Waals surface area (Å²) < 4.78 is 6.16. The summed E-state index contributed by atoms with van der Waals surface area (Å²) >= 11 is 1.67. The Morgan fingerprint density at radius 3 is 2.91 bits per heavy atom. The number of thiophene rings is 1. The van der Waals surface area contributed by atoms with Gasteiger partial charge in [-0.05, 0) is 36.4 Å². The number of hydrogen-bond acceptors (Lipinski definition) is 6. The van der Waals surface area contributed by atoms with Crippen molar-refractivity contribution in [1.82, 2.24) is 15.0 Å². The lowest BCUT2D eigenvalue weighted by Crippen LogP contribution is -2.26. The topological polar surface area (TPSA) is 74.1 Å². The van der Waals surface area contributed by atoms with Gasteiger partial charge in [0.05, 0.1) is 5.39 Å². The maximum absolute atomic E-state index is 12.2. The Kier molecular flexibility index (Phi) is 4.77. The van der Waals surface area contributed by atoms with E-state index in [1.165, 1.54) is 4.88 Å². The molecule has 0 fully saturated rings. The lowest BCUT2D eigenvalue weighted by molar-refractivity contribution is -0.148. The lowest BCUT2D eigenvalue weighted by atomic mass is 10.2. The first-order chi connectivity index (χ1) is 11.2. The molecule has 6 nitrogen and oxygen atoms in total. The van der Waals surface area contributed by atoms with E-state index in [9.17, 15) is 9.59 Å². The molecule has 1 aromatic carbocycles. The van der Waals surface area contributed by atoms with Gasteiger partial charge in [-0.3, -0.25) is 9.59 Å². The number of benzene rings is 1. The number of carbonyl (C=O) groups is 1. The Morgan fingerprint density at radius 1 is 1.22 bits per heavy atom. The minimum Gasteiger partial charge on any atom is -0.442 e. The van der Waals surface area contributed by atoms with E-state index < -0.39 is 0 Å². The van der Waals surface area contributed by atoms with Crippen molar-refractivity contribution in [3.8, 4) is 0 Å². The summed E-state index contributed by atoms with van der Waals surface area (Å²) in [4.78, 5) is 25.2. The molecule has 3 aromatic rings. The Labute approximate surface area is 136 Å². The number of aromatic nitrogens is 3. The van der Waals surface area contributed by atoms with E-state index in [0.29, 0.717) is 17.3 Å². The van der Waals surface area contributed by atoms with Crippen molar-refractivity contribution in [3.05, 3.63) is 57.0 Å². The Balaban J connectivity index is 1.54. The minimum absolute atomic E-state index is 0.214. The van der Waals surface area contributed by atoms with Crippen molar-refractivity contribution in [2.24, 2.45) is 0 Å². The molecular weight excluding hydrogens is 314 g/mol. The Morgan fingerprint density at radius 2 is 2.09 bits per heavy atom. The minimum atomic E-state index is -0.344. The van der Waals surface area contributed by atoms with Crippen LogP contribution in [0.1, 0.15) is 17.7 Å². The second kappa shape index (κ2) is 7.15.